The molecule has 0 aliphatic rings. The summed E-state index contributed by atoms with van der Waals surface area (Å²) in [4.78, 5) is 13.7. The first-order valence-corrected chi connectivity index (χ1v) is 8.75. The number of amides is 1. The molecule has 1 unspecified atom stereocenters. The van der Waals surface area contributed by atoms with Gasteiger partial charge in [0.05, 0.1) is 0 Å². The largest absolute Gasteiger partial charge is 0.336 e. The van der Waals surface area contributed by atoms with E-state index in [-0.39, 0.29) is 11.3 Å². The van der Waals surface area contributed by atoms with Crippen molar-refractivity contribution in [2.75, 3.05) is 0 Å². The lowest BCUT2D eigenvalue weighted by molar-refractivity contribution is 0.0949. The van der Waals surface area contributed by atoms with Crippen LogP contribution in [0.1, 0.15) is 26.9 Å². The minimum Gasteiger partial charge on any atom is -0.336 e. The molecule has 0 aliphatic heterocycles. The molecule has 0 fully saturated rings. The molecule has 3 heteroatoms. The molecule has 24 heavy (non-hydrogen) atoms. The standard InChI is InChI=1S/C21H19NOS/c1-16-10-8-9-15-19(16)24-21(18-13-6-3-7-14-18)22-20(23)17-11-4-2-5-12-17/h2-15,21H,1H3,(H,22,23). The minimum absolute atomic E-state index is 0.0643. The third-order valence-electron chi connectivity index (χ3n) is 3.74. The van der Waals surface area contributed by atoms with Crippen molar-refractivity contribution in [3.8, 4) is 0 Å². The van der Waals surface area contributed by atoms with Crippen molar-refractivity contribution in [3.63, 3.8) is 0 Å². The van der Waals surface area contributed by atoms with E-state index in [1.54, 1.807) is 11.8 Å². The average molecular weight is 333 g/mol. The topological polar surface area (TPSA) is 29.1 Å². The van der Waals surface area contributed by atoms with Crippen LogP contribution in [0.5, 0.6) is 0 Å². The molecule has 0 bridgehead atoms. The maximum atomic E-state index is 12.6. The number of carbonyl (C=O) groups is 1. The lowest BCUT2D eigenvalue weighted by Crippen LogP contribution is -2.26. The van der Waals surface area contributed by atoms with Crippen LogP contribution in [0.3, 0.4) is 0 Å². The molecule has 2 nitrogen and oxygen atoms in total. The highest BCUT2D eigenvalue weighted by molar-refractivity contribution is 7.99. The predicted molar refractivity (Wildman–Crippen MR) is 100 cm³/mol. The fourth-order valence-corrected chi connectivity index (χ4v) is 3.54. The smallest absolute Gasteiger partial charge is 0.252 e. The fourth-order valence-electron chi connectivity index (χ4n) is 2.42. The Hall–Kier alpha value is -2.52. The molecule has 0 radical (unpaired) electrons. The van der Waals surface area contributed by atoms with Crippen molar-refractivity contribution in [3.05, 3.63) is 102 Å². The third-order valence-corrected chi connectivity index (χ3v) is 5.08. The number of carbonyl (C=O) groups excluding carboxylic acids is 1. The predicted octanol–water partition coefficient (Wildman–Crippen LogP) is 5.22. The highest BCUT2D eigenvalue weighted by atomic mass is 32.2. The molecule has 3 rings (SSSR count). The second-order valence-electron chi connectivity index (χ2n) is 5.51. The Labute approximate surface area is 146 Å². The minimum atomic E-state index is -0.139. The maximum Gasteiger partial charge on any atom is 0.252 e. The van der Waals surface area contributed by atoms with Gasteiger partial charge in [0.1, 0.15) is 5.37 Å². The zero-order valence-electron chi connectivity index (χ0n) is 13.5. The van der Waals surface area contributed by atoms with Crippen molar-refractivity contribution in [1.29, 1.82) is 0 Å². The van der Waals surface area contributed by atoms with E-state index in [0.717, 1.165) is 5.56 Å². The number of aryl methyl sites for hydroxylation is 1. The molecule has 1 N–H and O–H groups in total. The summed E-state index contributed by atoms with van der Waals surface area (Å²) in [7, 11) is 0. The molecular weight excluding hydrogens is 314 g/mol. The molecular formula is C21H19NOS. The maximum absolute atomic E-state index is 12.6. The Balaban J connectivity index is 1.86. The molecule has 1 atom stereocenters. The summed E-state index contributed by atoms with van der Waals surface area (Å²) in [6, 6.07) is 27.6. The number of hydrogen-bond donors (Lipinski definition) is 1. The van der Waals surface area contributed by atoms with Gasteiger partial charge >= 0.3 is 0 Å². The Bertz CT molecular complexity index is 802. The fraction of sp³-hybridized carbons (Fsp3) is 0.0952. The van der Waals surface area contributed by atoms with Crippen LogP contribution in [0.25, 0.3) is 0 Å². The zero-order valence-corrected chi connectivity index (χ0v) is 14.3. The van der Waals surface area contributed by atoms with Gasteiger partial charge in [0.25, 0.3) is 5.91 Å². The van der Waals surface area contributed by atoms with Crippen LogP contribution in [0.2, 0.25) is 0 Å². The summed E-state index contributed by atoms with van der Waals surface area (Å²) in [6.07, 6.45) is 0. The lowest BCUT2D eigenvalue weighted by atomic mass is 10.2. The van der Waals surface area contributed by atoms with Crippen molar-refractivity contribution < 1.29 is 4.79 Å². The SMILES string of the molecule is Cc1ccccc1SC(NC(=O)c1ccccc1)c1ccccc1. The van der Waals surface area contributed by atoms with Crippen LogP contribution in [-0.2, 0) is 0 Å². The number of benzene rings is 3. The molecule has 0 aliphatic carbocycles. The van der Waals surface area contributed by atoms with Gasteiger partial charge in [-0.05, 0) is 36.2 Å². The Morgan fingerprint density at radius 3 is 2.08 bits per heavy atom. The van der Waals surface area contributed by atoms with E-state index in [2.05, 4.69) is 24.4 Å². The van der Waals surface area contributed by atoms with Crippen molar-refractivity contribution in [1.82, 2.24) is 5.32 Å². The van der Waals surface area contributed by atoms with Gasteiger partial charge in [0, 0.05) is 10.5 Å². The van der Waals surface area contributed by atoms with Gasteiger partial charge in [-0.1, -0.05) is 78.5 Å². The van der Waals surface area contributed by atoms with Crippen LogP contribution in [0.15, 0.2) is 89.8 Å². The molecule has 0 saturated carbocycles. The number of rotatable bonds is 5. The molecule has 3 aromatic rings. The summed E-state index contributed by atoms with van der Waals surface area (Å²) in [5.41, 5.74) is 2.95. The monoisotopic (exact) mass is 333 g/mol. The first-order valence-electron chi connectivity index (χ1n) is 7.87. The van der Waals surface area contributed by atoms with Gasteiger partial charge in [0.15, 0.2) is 0 Å². The van der Waals surface area contributed by atoms with E-state index >= 15 is 0 Å². The molecule has 0 heterocycles. The van der Waals surface area contributed by atoms with E-state index < -0.39 is 0 Å². The van der Waals surface area contributed by atoms with Gasteiger partial charge in [-0.25, -0.2) is 0 Å². The first kappa shape index (κ1) is 16.3. The molecule has 1 amide bonds. The van der Waals surface area contributed by atoms with E-state index in [1.807, 2.05) is 72.8 Å². The normalized spacial score (nSPS) is 11.7. The summed E-state index contributed by atoms with van der Waals surface area (Å²) in [5, 5.41) is 3.01. The second-order valence-corrected chi connectivity index (χ2v) is 6.66. The van der Waals surface area contributed by atoms with Gasteiger partial charge in [-0.3, -0.25) is 4.79 Å². The number of nitrogens with one attached hydrogen (secondary N) is 1. The van der Waals surface area contributed by atoms with Gasteiger partial charge in [-0.15, -0.1) is 0 Å². The van der Waals surface area contributed by atoms with Crippen LogP contribution in [-0.4, -0.2) is 5.91 Å². The lowest BCUT2D eigenvalue weighted by Gasteiger charge is -2.20. The van der Waals surface area contributed by atoms with Crippen molar-refractivity contribution >= 4 is 17.7 Å². The molecule has 0 aromatic heterocycles. The van der Waals surface area contributed by atoms with Crippen LogP contribution in [0.4, 0.5) is 0 Å². The van der Waals surface area contributed by atoms with Gasteiger partial charge < -0.3 is 5.32 Å². The van der Waals surface area contributed by atoms with Crippen LogP contribution >= 0.6 is 11.8 Å². The Morgan fingerprint density at radius 2 is 1.42 bits per heavy atom. The van der Waals surface area contributed by atoms with Gasteiger partial charge in [-0.2, -0.15) is 0 Å². The molecule has 0 spiro atoms. The van der Waals surface area contributed by atoms with Crippen molar-refractivity contribution in [2.45, 2.75) is 17.2 Å². The Kier molecular flexibility index (Phi) is 5.34. The highest BCUT2D eigenvalue weighted by Gasteiger charge is 2.17. The van der Waals surface area contributed by atoms with Crippen LogP contribution < -0.4 is 5.32 Å². The summed E-state index contributed by atoms with van der Waals surface area (Å²) < 4.78 is 0. The third kappa shape index (κ3) is 4.06. The van der Waals surface area contributed by atoms with Gasteiger partial charge in [0.2, 0.25) is 0 Å². The second kappa shape index (κ2) is 7.84. The molecule has 120 valence electrons. The summed E-state index contributed by atoms with van der Waals surface area (Å²) in [6.45, 7) is 2.09. The summed E-state index contributed by atoms with van der Waals surface area (Å²) >= 11 is 1.66. The molecule has 3 aromatic carbocycles. The van der Waals surface area contributed by atoms with E-state index in [9.17, 15) is 4.79 Å². The van der Waals surface area contributed by atoms with Crippen LogP contribution in [0, 0.1) is 6.92 Å². The quantitative estimate of drug-likeness (QED) is 0.512. The molecule has 0 saturated heterocycles. The average Bonchev–Trinajstić information content (AvgIpc) is 2.64. The number of thioether (sulfide) groups is 1. The van der Waals surface area contributed by atoms with E-state index in [4.69, 9.17) is 0 Å². The number of hydrogen-bond acceptors (Lipinski definition) is 2. The Morgan fingerprint density at radius 1 is 0.833 bits per heavy atom. The zero-order chi connectivity index (χ0) is 16.8. The van der Waals surface area contributed by atoms with E-state index in [0.29, 0.717) is 5.56 Å². The van der Waals surface area contributed by atoms with E-state index in [1.165, 1.54) is 10.5 Å². The summed E-state index contributed by atoms with van der Waals surface area (Å²) in [5.74, 6) is -0.0643. The van der Waals surface area contributed by atoms with Crippen molar-refractivity contribution in [2.24, 2.45) is 0 Å². The first-order chi connectivity index (χ1) is 11.7. The highest BCUT2D eigenvalue weighted by Crippen LogP contribution is 2.35.